The summed E-state index contributed by atoms with van der Waals surface area (Å²) < 4.78 is 0. The van der Waals surface area contributed by atoms with Crippen LogP contribution in [0.5, 0.6) is 0 Å². The smallest absolute Gasteiger partial charge is 0.136 e. The molecule has 0 aromatic heterocycles. The van der Waals surface area contributed by atoms with Crippen molar-refractivity contribution in [2.45, 2.75) is 50.6 Å². The van der Waals surface area contributed by atoms with E-state index in [1.54, 1.807) is 0 Å². The maximum Gasteiger partial charge on any atom is 0.136 e. The van der Waals surface area contributed by atoms with Gasteiger partial charge in [-0.3, -0.25) is 9.69 Å². The third kappa shape index (κ3) is 2.76. The van der Waals surface area contributed by atoms with Crippen molar-refractivity contribution in [3.8, 4) is 0 Å². The lowest BCUT2D eigenvalue weighted by molar-refractivity contribution is -0.127. The van der Waals surface area contributed by atoms with Crippen molar-refractivity contribution in [2.24, 2.45) is 0 Å². The van der Waals surface area contributed by atoms with Gasteiger partial charge in [0, 0.05) is 24.9 Å². The summed E-state index contributed by atoms with van der Waals surface area (Å²) in [7, 11) is 0. The average Bonchev–Trinajstić information content (AvgIpc) is 2.19. The fourth-order valence-corrected chi connectivity index (χ4v) is 3.44. The molecule has 2 aliphatic rings. The molecule has 0 amide bonds. The first-order valence-electron chi connectivity index (χ1n) is 6.07. The number of carbonyl (C=O) groups is 1. The molecular formula is C12H21NOS. The van der Waals surface area contributed by atoms with E-state index in [1.807, 2.05) is 11.8 Å². The number of ketones is 1. The fraction of sp³-hybridized carbons (Fsp3) is 0.917. The van der Waals surface area contributed by atoms with Crippen LogP contribution in [-0.4, -0.2) is 41.3 Å². The molecule has 2 rings (SSSR count). The van der Waals surface area contributed by atoms with E-state index < -0.39 is 0 Å². The summed E-state index contributed by atoms with van der Waals surface area (Å²) in [6.45, 7) is 1.21. The first-order valence-corrected chi connectivity index (χ1v) is 7.47. The van der Waals surface area contributed by atoms with E-state index in [-0.39, 0.29) is 0 Å². The van der Waals surface area contributed by atoms with Gasteiger partial charge in [0.25, 0.3) is 0 Å². The summed E-state index contributed by atoms with van der Waals surface area (Å²) in [6, 6.07) is 1.18. The van der Waals surface area contributed by atoms with Crippen molar-refractivity contribution < 1.29 is 4.79 Å². The van der Waals surface area contributed by atoms with Crippen molar-refractivity contribution in [3.05, 3.63) is 0 Å². The molecule has 2 bridgehead atoms. The zero-order valence-corrected chi connectivity index (χ0v) is 10.4. The van der Waals surface area contributed by atoms with Crippen LogP contribution in [0.25, 0.3) is 0 Å². The van der Waals surface area contributed by atoms with Gasteiger partial charge in [0.2, 0.25) is 0 Å². The summed E-state index contributed by atoms with van der Waals surface area (Å²) in [5, 5.41) is 0. The molecule has 2 atom stereocenters. The average molecular weight is 227 g/mol. The van der Waals surface area contributed by atoms with Crippen molar-refractivity contribution >= 4 is 17.5 Å². The van der Waals surface area contributed by atoms with Gasteiger partial charge in [0.1, 0.15) is 5.78 Å². The van der Waals surface area contributed by atoms with Crippen LogP contribution in [0.15, 0.2) is 0 Å². The standard InChI is InChI=1S/C12H21NOS/c1-15-7-3-6-13-10-4-2-5-11(13)9-12(14)8-10/h10-11H,2-9H2,1H3. The molecular weight excluding hydrogens is 206 g/mol. The lowest BCUT2D eigenvalue weighted by Crippen LogP contribution is -2.52. The summed E-state index contributed by atoms with van der Waals surface area (Å²) in [6.07, 6.45) is 8.94. The fourth-order valence-electron chi connectivity index (χ4n) is 3.02. The van der Waals surface area contributed by atoms with E-state index in [0.717, 1.165) is 12.8 Å². The molecule has 15 heavy (non-hydrogen) atoms. The Balaban J connectivity index is 1.89. The van der Waals surface area contributed by atoms with Gasteiger partial charge in [-0.25, -0.2) is 0 Å². The van der Waals surface area contributed by atoms with Crippen LogP contribution in [0.2, 0.25) is 0 Å². The third-order valence-electron chi connectivity index (χ3n) is 3.70. The zero-order valence-electron chi connectivity index (χ0n) is 9.58. The Morgan fingerprint density at radius 1 is 1.33 bits per heavy atom. The number of fused-ring (bicyclic) bond motifs is 2. The normalized spacial score (nSPS) is 31.9. The highest BCUT2D eigenvalue weighted by molar-refractivity contribution is 7.98. The number of piperidine rings is 2. The number of Topliss-reactive ketones (excluding diaryl/α,β-unsaturated/α-hetero) is 1. The van der Waals surface area contributed by atoms with Crippen LogP contribution >= 0.6 is 11.8 Å². The van der Waals surface area contributed by atoms with Crippen molar-refractivity contribution in [3.63, 3.8) is 0 Å². The van der Waals surface area contributed by atoms with E-state index in [4.69, 9.17) is 0 Å². The molecule has 2 unspecified atom stereocenters. The molecule has 0 radical (unpaired) electrons. The van der Waals surface area contributed by atoms with E-state index in [2.05, 4.69) is 11.2 Å². The molecule has 0 spiro atoms. The predicted octanol–water partition coefficient (Wildman–Crippen LogP) is 2.33. The molecule has 86 valence electrons. The highest BCUT2D eigenvalue weighted by Crippen LogP contribution is 2.32. The van der Waals surface area contributed by atoms with Gasteiger partial charge < -0.3 is 0 Å². The second-order valence-corrected chi connectivity index (χ2v) is 5.76. The zero-order chi connectivity index (χ0) is 10.7. The Hall–Kier alpha value is -0.0200. The number of thioether (sulfide) groups is 1. The van der Waals surface area contributed by atoms with Gasteiger partial charge in [0.05, 0.1) is 0 Å². The SMILES string of the molecule is CSCCCN1C2CCCC1CC(=O)C2. The molecule has 0 N–H and O–H groups in total. The Labute approximate surface area is 96.8 Å². The highest BCUT2D eigenvalue weighted by Gasteiger charge is 2.36. The van der Waals surface area contributed by atoms with E-state index in [9.17, 15) is 4.79 Å². The number of rotatable bonds is 4. The molecule has 2 fully saturated rings. The molecule has 0 aliphatic carbocycles. The monoisotopic (exact) mass is 227 g/mol. The van der Waals surface area contributed by atoms with E-state index in [0.29, 0.717) is 17.9 Å². The van der Waals surface area contributed by atoms with Crippen LogP contribution in [0, 0.1) is 0 Å². The predicted molar refractivity (Wildman–Crippen MR) is 65.4 cm³/mol. The summed E-state index contributed by atoms with van der Waals surface area (Å²) in [5.74, 6) is 1.76. The molecule has 3 heteroatoms. The Morgan fingerprint density at radius 2 is 2.00 bits per heavy atom. The Kier molecular flexibility index (Phi) is 4.09. The maximum absolute atomic E-state index is 11.5. The topological polar surface area (TPSA) is 20.3 Å². The summed E-state index contributed by atoms with van der Waals surface area (Å²) in [4.78, 5) is 14.1. The third-order valence-corrected chi connectivity index (χ3v) is 4.40. The Bertz CT molecular complexity index is 216. The quantitative estimate of drug-likeness (QED) is 0.688. The van der Waals surface area contributed by atoms with Crippen LogP contribution in [0.1, 0.15) is 38.5 Å². The first kappa shape index (κ1) is 11.5. The number of hydrogen-bond acceptors (Lipinski definition) is 3. The van der Waals surface area contributed by atoms with Crippen LogP contribution in [0.4, 0.5) is 0 Å². The second kappa shape index (κ2) is 5.35. The van der Waals surface area contributed by atoms with Gasteiger partial charge in [-0.15, -0.1) is 0 Å². The molecule has 2 aliphatic heterocycles. The van der Waals surface area contributed by atoms with Crippen molar-refractivity contribution in [2.75, 3.05) is 18.6 Å². The maximum atomic E-state index is 11.5. The van der Waals surface area contributed by atoms with Gasteiger partial charge in [-0.1, -0.05) is 6.42 Å². The van der Waals surface area contributed by atoms with Crippen LogP contribution in [0.3, 0.4) is 0 Å². The molecule has 2 nitrogen and oxygen atoms in total. The highest BCUT2D eigenvalue weighted by atomic mass is 32.2. The van der Waals surface area contributed by atoms with Crippen LogP contribution in [-0.2, 0) is 4.79 Å². The molecule has 0 saturated carbocycles. The van der Waals surface area contributed by atoms with Gasteiger partial charge in [-0.05, 0) is 37.8 Å². The minimum absolute atomic E-state index is 0.505. The minimum atomic E-state index is 0.505. The molecule has 2 heterocycles. The van der Waals surface area contributed by atoms with Gasteiger partial charge in [-0.2, -0.15) is 11.8 Å². The molecule has 0 aromatic rings. The van der Waals surface area contributed by atoms with Gasteiger partial charge in [0.15, 0.2) is 0 Å². The minimum Gasteiger partial charge on any atom is -0.300 e. The number of carbonyl (C=O) groups excluding carboxylic acids is 1. The number of hydrogen-bond donors (Lipinski definition) is 0. The van der Waals surface area contributed by atoms with E-state index in [1.165, 1.54) is 38.0 Å². The second-order valence-electron chi connectivity index (χ2n) is 4.77. The first-order chi connectivity index (χ1) is 7.31. The van der Waals surface area contributed by atoms with Gasteiger partial charge >= 0.3 is 0 Å². The van der Waals surface area contributed by atoms with Crippen LogP contribution < -0.4 is 0 Å². The molecule has 0 aromatic carbocycles. The summed E-state index contributed by atoms with van der Waals surface area (Å²) in [5.41, 5.74) is 0. The number of nitrogens with zero attached hydrogens (tertiary/aromatic N) is 1. The van der Waals surface area contributed by atoms with E-state index >= 15 is 0 Å². The van der Waals surface area contributed by atoms with Crippen molar-refractivity contribution in [1.82, 2.24) is 4.90 Å². The van der Waals surface area contributed by atoms with Crippen molar-refractivity contribution in [1.29, 1.82) is 0 Å². The molecule has 2 saturated heterocycles. The summed E-state index contributed by atoms with van der Waals surface area (Å²) >= 11 is 1.93. The Morgan fingerprint density at radius 3 is 2.60 bits per heavy atom. The largest absolute Gasteiger partial charge is 0.300 e. The lowest BCUT2D eigenvalue weighted by Gasteiger charge is -2.45. The lowest BCUT2D eigenvalue weighted by atomic mass is 9.84.